The minimum Gasteiger partial charge on any atom is -0.337 e. The highest BCUT2D eigenvalue weighted by Crippen LogP contribution is 2.14. The van der Waals surface area contributed by atoms with Gasteiger partial charge < -0.3 is 9.09 Å². The minimum atomic E-state index is 0.547. The van der Waals surface area contributed by atoms with Crippen molar-refractivity contribution in [3.05, 3.63) is 64.7 Å². The monoisotopic (exact) mass is 318 g/mol. The van der Waals surface area contributed by atoms with Crippen LogP contribution in [0.3, 0.4) is 0 Å². The molecule has 0 bridgehead atoms. The van der Waals surface area contributed by atoms with E-state index < -0.39 is 0 Å². The molecule has 1 aromatic carbocycles. The third kappa shape index (κ3) is 3.08. The van der Waals surface area contributed by atoms with E-state index in [4.69, 9.17) is 4.52 Å². The molecule has 0 aliphatic heterocycles. The smallest absolute Gasteiger partial charge is 0.246 e. The first-order valence-electron chi connectivity index (χ1n) is 5.81. The summed E-state index contributed by atoms with van der Waals surface area (Å²) < 4.78 is 8.15. The summed E-state index contributed by atoms with van der Waals surface area (Å²) in [4.78, 5) is 8.34. The number of hydrogen-bond acceptors (Lipinski definition) is 4. The Morgan fingerprint density at radius 1 is 1.32 bits per heavy atom. The topological polar surface area (TPSA) is 56.7 Å². The highest BCUT2D eigenvalue weighted by atomic mass is 79.9. The molecule has 0 aliphatic rings. The van der Waals surface area contributed by atoms with E-state index in [0.29, 0.717) is 24.7 Å². The summed E-state index contributed by atoms with van der Waals surface area (Å²) in [5.41, 5.74) is 1.14. The zero-order chi connectivity index (χ0) is 13.1. The summed E-state index contributed by atoms with van der Waals surface area (Å²) in [7, 11) is 0. The predicted octanol–water partition coefficient (Wildman–Crippen LogP) is 2.67. The molecule has 19 heavy (non-hydrogen) atoms. The largest absolute Gasteiger partial charge is 0.337 e. The summed E-state index contributed by atoms with van der Waals surface area (Å²) in [6.45, 7) is 0.547. The average molecular weight is 319 g/mol. The summed E-state index contributed by atoms with van der Waals surface area (Å²) >= 11 is 3.45. The van der Waals surface area contributed by atoms with E-state index in [2.05, 4.69) is 31.1 Å². The van der Waals surface area contributed by atoms with Crippen LogP contribution in [-0.4, -0.2) is 19.7 Å². The second-order valence-corrected chi connectivity index (χ2v) is 5.06. The molecule has 0 unspecified atom stereocenters. The number of imidazole rings is 1. The quantitative estimate of drug-likeness (QED) is 0.742. The maximum absolute atomic E-state index is 5.22. The maximum Gasteiger partial charge on any atom is 0.246 e. The van der Waals surface area contributed by atoms with Gasteiger partial charge in [0.1, 0.15) is 6.54 Å². The molecule has 0 spiro atoms. The molecule has 0 saturated heterocycles. The van der Waals surface area contributed by atoms with Crippen LogP contribution in [0.2, 0.25) is 0 Å². The zero-order valence-corrected chi connectivity index (χ0v) is 11.6. The minimum absolute atomic E-state index is 0.547. The Morgan fingerprint density at radius 2 is 2.26 bits per heavy atom. The summed E-state index contributed by atoms with van der Waals surface area (Å²) in [6, 6.07) is 8.07. The standard InChI is InChI=1S/C13H11BrN4O/c14-11-3-1-2-10(6-11)7-12-16-13(19-17-12)8-18-5-4-15-9-18/h1-6,9H,7-8H2. The van der Waals surface area contributed by atoms with Gasteiger partial charge in [-0.1, -0.05) is 33.2 Å². The first-order valence-corrected chi connectivity index (χ1v) is 6.60. The predicted molar refractivity (Wildman–Crippen MR) is 72.6 cm³/mol. The van der Waals surface area contributed by atoms with Crippen molar-refractivity contribution in [3.63, 3.8) is 0 Å². The lowest BCUT2D eigenvalue weighted by Gasteiger charge is -1.97. The highest BCUT2D eigenvalue weighted by Gasteiger charge is 2.07. The molecule has 3 rings (SSSR count). The Labute approximate surface area is 118 Å². The van der Waals surface area contributed by atoms with Crippen LogP contribution in [0, 0.1) is 0 Å². The third-order valence-corrected chi connectivity index (χ3v) is 3.13. The molecule has 0 radical (unpaired) electrons. The maximum atomic E-state index is 5.22. The molecule has 0 saturated carbocycles. The van der Waals surface area contributed by atoms with E-state index in [0.717, 1.165) is 10.0 Å². The van der Waals surface area contributed by atoms with E-state index in [9.17, 15) is 0 Å². The Hall–Kier alpha value is -1.95. The molecule has 0 N–H and O–H groups in total. The van der Waals surface area contributed by atoms with Crippen molar-refractivity contribution in [1.29, 1.82) is 0 Å². The Balaban J connectivity index is 1.71. The van der Waals surface area contributed by atoms with Gasteiger partial charge in [-0.3, -0.25) is 0 Å². The molecule has 0 amide bonds. The van der Waals surface area contributed by atoms with Crippen LogP contribution in [0.4, 0.5) is 0 Å². The molecular weight excluding hydrogens is 308 g/mol. The second kappa shape index (κ2) is 5.36. The lowest BCUT2D eigenvalue weighted by Crippen LogP contribution is -1.97. The Bertz CT molecular complexity index is 663. The van der Waals surface area contributed by atoms with Gasteiger partial charge in [0.25, 0.3) is 0 Å². The van der Waals surface area contributed by atoms with Crippen molar-refractivity contribution >= 4 is 15.9 Å². The fourth-order valence-corrected chi connectivity index (χ4v) is 2.24. The van der Waals surface area contributed by atoms with Crippen molar-refractivity contribution in [1.82, 2.24) is 19.7 Å². The fraction of sp³-hybridized carbons (Fsp3) is 0.154. The van der Waals surface area contributed by atoms with E-state index in [1.54, 1.807) is 12.5 Å². The molecular formula is C13H11BrN4O. The van der Waals surface area contributed by atoms with Gasteiger partial charge in [-0.2, -0.15) is 4.98 Å². The molecule has 96 valence electrons. The summed E-state index contributed by atoms with van der Waals surface area (Å²) in [5.74, 6) is 1.27. The van der Waals surface area contributed by atoms with Crippen LogP contribution in [0.1, 0.15) is 17.3 Å². The third-order valence-electron chi connectivity index (χ3n) is 2.64. The van der Waals surface area contributed by atoms with Crippen molar-refractivity contribution in [2.45, 2.75) is 13.0 Å². The van der Waals surface area contributed by atoms with Crippen LogP contribution < -0.4 is 0 Å². The molecule has 0 aliphatic carbocycles. The van der Waals surface area contributed by atoms with Gasteiger partial charge in [0, 0.05) is 23.3 Å². The first-order chi connectivity index (χ1) is 9.29. The van der Waals surface area contributed by atoms with Gasteiger partial charge in [-0.05, 0) is 17.7 Å². The SMILES string of the molecule is Brc1cccc(Cc2noc(Cn3ccnc3)n2)c1. The normalized spacial score (nSPS) is 10.8. The first kappa shape index (κ1) is 12.1. The molecule has 5 nitrogen and oxygen atoms in total. The van der Waals surface area contributed by atoms with Crippen molar-refractivity contribution in [2.75, 3.05) is 0 Å². The molecule has 2 aromatic heterocycles. The lowest BCUT2D eigenvalue weighted by molar-refractivity contribution is 0.367. The van der Waals surface area contributed by atoms with E-state index in [1.165, 1.54) is 0 Å². The van der Waals surface area contributed by atoms with Gasteiger partial charge in [0.15, 0.2) is 5.82 Å². The Kier molecular flexibility index (Phi) is 3.41. The highest BCUT2D eigenvalue weighted by molar-refractivity contribution is 9.10. The van der Waals surface area contributed by atoms with E-state index in [1.807, 2.05) is 35.0 Å². The molecule has 6 heteroatoms. The van der Waals surface area contributed by atoms with E-state index >= 15 is 0 Å². The molecule has 0 atom stereocenters. The average Bonchev–Trinajstić information content (AvgIpc) is 3.02. The Morgan fingerprint density at radius 3 is 3.05 bits per heavy atom. The van der Waals surface area contributed by atoms with Crippen LogP contribution in [-0.2, 0) is 13.0 Å². The van der Waals surface area contributed by atoms with Crippen molar-refractivity contribution in [2.24, 2.45) is 0 Å². The van der Waals surface area contributed by atoms with Gasteiger partial charge >= 0.3 is 0 Å². The van der Waals surface area contributed by atoms with E-state index in [-0.39, 0.29) is 0 Å². The van der Waals surface area contributed by atoms with Gasteiger partial charge in [-0.25, -0.2) is 4.98 Å². The number of benzene rings is 1. The zero-order valence-electron chi connectivity index (χ0n) is 10.0. The van der Waals surface area contributed by atoms with Crippen LogP contribution in [0.15, 0.2) is 52.0 Å². The number of aromatic nitrogens is 4. The fourth-order valence-electron chi connectivity index (χ4n) is 1.79. The molecule has 2 heterocycles. The number of nitrogens with zero attached hydrogens (tertiary/aromatic N) is 4. The number of halogens is 1. The second-order valence-electron chi connectivity index (χ2n) is 4.15. The van der Waals surface area contributed by atoms with Gasteiger partial charge in [0.2, 0.25) is 5.89 Å². The van der Waals surface area contributed by atoms with Gasteiger partial charge in [0.05, 0.1) is 6.33 Å². The summed E-state index contributed by atoms with van der Waals surface area (Å²) in [6.07, 6.45) is 5.96. The lowest BCUT2D eigenvalue weighted by atomic mass is 10.1. The van der Waals surface area contributed by atoms with Crippen LogP contribution >= 0.6 is 15.9 Å². The summed E-state index contributed by atoms with van der Waals surface area (Å²) in [5, 5.41) is 3.99. The van der Waals surface area contributed by atoms with Crippen LogP contribution in [0.25, 0.3) is 0 Å². The van der Waals surface area contributed by atoms with Gasteiger partial charge in [-0.15, -0.1) is 0 Å². The van der Waals surface area contributed by atoms with Crippen molar-refractivity contribution in [3.8, 4) is 0 Å². The number of hydrogen-bond donors (Lipinski definition) is 0. The molecule has 3 aromatic rings. The number of rotatable bonds is 4. The molecule has 0 fully saturated rings. The van der Waals surface area contributed by atoms with Crippen molar-refractivity contribution < 1.29 is 4.52 Å². The van der Waals surface area contributed by atoms with Crippen LogP contribution in [0.5, 0.6) is 0 Å².